The molecule has 4 nitrogen and oxygen atoms in total. The molecule has 0 aromatic carbocycles. The zero-order valence-corrected chi connectivity index (χ0v) is 9.49. The molecule has 0 spiro atoms. The molecule has 0 fully saturated rings. The lowest BCUT2D eigenvalue weighted by atomic mass is 10.0. The second kappa shape index (κ2) is 7.17. The largest absolute Gasteiger partial charge is 0.463 e. The van der Waals surface area contributed by atoms with Gasteiger partial charge < -0.3 is 9.47 Å². The van der Waals surface area contributed by atoms with Crippen molar-refractivity contribution in [3.05, 3.63) is 12.7 Å². The average Bonchev–Trinajstić information content (AvgIpc) is 2.21. The van der Waals surface area contributed by atoms with Crippen molar-refractivity contribution in [3.63, 3.8) is 0 Å². The highest BCUT2D eigenvalue weighted by Crippen LogP contribution is 2.07. The predicted octanol–water partition coefficient (Wildman–Crippen LogP) is 1.35. The first-order valence-corrected chi connectivity index (χ1v) is 4.83. The fraction of sp³-hybridized carbons (Fsp3) is 0.636. The Balaban J connectivity index is 4.04. The van der Waals surface area contributed by atoms with Gasteiger partial charge in [0.1, 0.15) is 12.4 Å². The Morgan fingerprint density at radius 1 is 1.47 bits per heavy atom. The van der Waals surface area contributed by atoms with Crippen molar-refractivity contribution < 1.29 is 19.1 Å². The molecule has 0 saturated carbocycles. The van der Waals surface area contributed by atoms with Gasteiger partial charge in [-0.05, 0) is 20.3 Å². The maximum Gasteiger partial charge on any atom is 0.334 e. The number of hydrogen-bond acceptors (Lipinski definition) is 4. The summed E-state index contributed by atoms with van der Waals surface area (Å²) in [4.78, 5) is 22.3. The van der Waals surface area contributed by atoms with Crippen LogP contribution in [0.25, 0.3) is 0 Å². The molecule has 4 heteroatoms. The average molecular weight is 214 g/mol. The number of ketones is 1. The SMILES string of the molecule is C=CCC(COC(=O)C(C)OC)C(C)=O. The predicted molar refractivity (Wildman–Crippen MR) is 56.4 cm³/mol. The van der Waals surface area contributed by atoms with Crippen molar-refractivity contribution >= 4 is 11.8 Å². The van der Waals surface area contributed by atoms with Crippen LogP contribution in [0.2, 0.25) is 0 Å². The Kier molecular flexibility index (Phi) is 6.62. The number of methoxy groups -OCH3 is 1. The van der Waals surface area contributed by atoms with E-state index < -0.39 is 12.1 Å². The highest BCUT2D eigenvalue weighted by Gasteiger charge is 2.18. The number of hydrogen-bond donors (Lipinski definition) is 0. The van der Waals surface area contributed by atoms with Crippen LogP contribution in [0.1, 0.15) is 20.3 Å². The number of rotatable bonds is 7. The minimum absolute atomic E-state index is 0.00669. The van der Waals surface area contributed by atoms with Crippen LogP contribution in [0.3, 0.4) is 0 Å². The highest BCUT2D eigenvalue weighted by atomic mass is 16.6. The van der Waals surface area contributed by atoms with Gasteiger partial charge >= 0.3 is 5.97 Å². The summed E-state index contributed by atoms with van der Waals surface area (Å²) in [6.07, 6.45) is 1.56. The normalized spacial score (nSPS) is 14.1. The summed E-state index contributed by atoms with van der Waals surface area (Å²) in [5, 5.41) is 0. The smallest absolute Gasteiger partial charge is 0.334 e. The molecular formula is C11H18O4. The molecule has 0 heterocycles. The van der Waals surface area contributed by atoms with E-state index in [9.17, 15) is 9.59 Å². The van der Waals surface area contributed by atoms with Gasteiger partial charge in [0.25, 0.3) is 0 Å². The Hall–Kier alpha value is -1.16. The molecule has 0 amide bonds. The third-order valence-corrected chi connectivity index (χ3v) is 2.14. The van der Waals surface area contributed by atoms with Crippen LogP contribution in [0.15, 0.2) is 12.7 Å². The monoisotopic (exact) mass is 214 g/mol. The molecule has 2 atom stereocenters. The van der Waals surface area contributed by atoms with Gasteiger partial charge in [0, 0.05) is 7.11 Å². The van der Waals surface area contributed by atoms with Crippen LogP contribution in [-0.2, 0) is 19.1 Å². The molecule has 0 rings (SSSR count). The van der Waals surface area contributed by atoms with Crippen molar-refractivity contribution in [2.75, 3.05) is 13.7 Å². The molecular weight excluding hydrogens is 196 g/mol. The molecule has 0 aromatic heterocycles. The molecule has 0 aliphatic heterocycles. The van der Waals surface area contributed by atoms with Crippen molar-refractivity contribution in [2.24, 2.45) is 5.92 Å². The minimum atomic E-state index is -0.596. The van der Waals surface area contributed by atoms with Crippen LogP contribution in [0.5, 0.6) is 0 Å². The second-order valence-electron chi connectivity index (χ2n) is 3.34. The van der Waals surface area contributed by atoms with Crippen LogP contribution >= 0.6 is 0 Å². The van der Waals surface area contributed by atoms with Gasteiger partial charge in [-0.2, -0.15) is 0 Å². The Labute approximate surface area is 90.2 Å². The van der Waals surface area contributed by atoms with Gasteiger partial charge in [-0.25, -0.2) is 4.79 Å². The number of carbonyl (C=O) groups is 2. The summed E-state index contributed by atoms with van der Waals surface area (Å²) in [6, 6.07) is 0. The highest BCUT2D eigenvalue weighted by molar-refractivity contribution is 5.79. The van der Waals surface area contributed by atoms with Crippen molar-refractivity contribution in [1.29, 1.82) is 0 Å². The quantitative estimate of drug-likeness (QED) is 0.474. The molecule has 0 saturated heterocycles. The molecule has 86 valence electrons. The maximum atomic E-state index is 11.2. The van der Waals surface area contributed by atoms with Gasteiger partial charge in [0.2, 0.25) is 0 Å². The molecule has 0 N–H and O–H groups in total. The van der Waals surface area contributed by atoms with Gasteiger partial charge in [-0.15, -0.1) is 6.58 Å². The minimum Gasteiger partial charge on any atom is -0.463 e. The van der Waals surface area contributed by atoms with E-state index in [0.29, 0.717) is 6.42 Å². The first kappa shape index (κ1) is 13.8. The van der Waals surface area contributed by atoms with Gasteiger partial charge in [0.15, 0.2) is 6.10 Å². The van der Waals surface area contributed by atoms with Gasteiger partial charge in [-0.3, -0.25) is 4.79 Å². The lowest BCUT2D eigenvalue weighted by molar-refractivity contribution is -0.156. The Morgan fingerprint density at radius 2 is 2.07 bits per heavy atom. The van der Waals surface area contributed by atoms with Crippen LogP contribution < -0.4 is 0 Å². The zero-order chi connectivity index (χ0) is 11.8. The van der Waals surface area contributed by atoms with E-state index in [1.54, 1.807) is 13.0 Å². The van der Waals surface area contributed by atoms with Crippen molar-refractivity contribution in [1.82, 2.24) is 0 Å². The van der Waals surface area contributed by atoms with E-state index in [-0.39, 0.29) is 18.3 Å². The molecule has 0 aliphatic carbocycles. The van der Waals surface area contributed by atoms with E-state index in [1.807, 2.05) is 0 Å². The van der Waals surface area contributed by atoms with E-state index in [4.69, 9.17) is 9.47 Å². The van der Waals surface area contributed by atoms with Crippen LogP contribution in [0.4, 0.5) is 0 Å². The van der Waals surface area contributed by atoms with Crippen LogP contribution in [-0.4, -0.2) is 31.6 Å². The summed E-state index contributed by atoms with van der Waals surface area (Å²) in [6.45, 7) is 6.70. The summed E-state index contributed by atoms with van der Waals surface area (Å²) in [7, 11) is 1.43. The Morgan fingerprint density at radius 3 is 2.47 bits per heavy atom. The lowest BCUT2D eigenvalue weighted by Gasteiger charge is -2.14. The lowest BCUT2D eigenvalue weighted by Crippen LogP contribution is -2.26. The molecule has 2 unspecified atom stereocenters. The molecule has 0 bridgehead atoms. The standard InChI is InChI=1S/C11H18O4/c1-5-6-10(8(2)12)7-15-11(13)9(3)14-4/h5,9-10H,1,6-7H2,2-4H3. The number of carbonyl (C=O) groups excluding carboxylic acids is 2. The van der Waals surface area contributed by atoms with E-state index in [2.05, 4.69) is 6.58 Å². The third kappa shape index (κ3) is 5.32. The van der Waals surface area contributed by atoms with Gasteiger partial charge in [0.05, 0.1) is 5.92 Å². The number of allylic oxidation sites excluding steroid dienone is 1. The van der Waals surface area contributed by atoms with E-state index in [0.717, 1.165) is 0 Å². The second-order valence-corrected chi connectivity index (χ2v) is 3.34. The number of Topliss-reactive ketones (excluding diaryl/α,β-unsaturated/α-hetero) is 1. The van der Waals surface area contributed by atoms with E-state index in [1.165, 1.54) is 14.0 Å². The first-order chi connectivity index (χ1) is 7.02. The molecule has 0 aromatic rings. The zero-order valence-electron chi connectivity index (χ0n) is 9.49. The number of esters is 1. The first-order valence-electron chi connectivity index (χ1n) is 4.83. The summed E-state index contributed by atoms with van der Waals surface area (Å²) >= 11 is 0. The van der Waals surface area contributed by atoms with E-state index >= 15 is 0 Å². The Bertz CT molecular complexity index is 235. The van der Waals surface area contributed by atoms with Crippen LogP contribution in [0, 0.1) is 5.92 Å². The van der Waals surface area contributed by atoms with Crippen molar-refractivity contribution in [3.8, 4) is 0 Å². The number of ether oxygens (including phenoxy) is 2. The summed E-state index contributed by atoms with van der Waals surface area (Å²) < 4.78 is 9.72. The fourth-order valence-corrected chi connectivity index (χ4v) is 0.949. The summed E-state index contributed by atoms with van der Waals surface area (Å²) in [5.41, 5.74) is 0. The molecule has 0 radical (unpaired) electrons. The maximum absolute atomic E-state index is 11.2. The fourth-order valence-electron chi connectivity index (χ4n) is 0.949. The molecule has 0 aliphatic rings. The molecule has 15 heavy (non-hydrogen) atoms. The third-order valence-electron chi connectivity index (χ3n) is 2.14. The van der Waals surface area contributed by atoms with Crippen molar-refractivity contribution in [2.45, 2.75) is 26.4 Å². The summed E-state index contributed by atoms with van der Waals surface area (Å²) in [5.74, 6) is -0.754. The topological polar surface area (TPSA) is 52.6 Å². The van der Waals surface area contributed by atoms with Gasteiger partial charge in [-0.1, -0.05) is 6.08 Å².